The molecule has 0 aliphatic heterocycles. The maximum absolute atomic E-state index is 16.2. The van der Waals surface area contributed by atoms with E-state index in [1.807, 2.05) is 67.6 Å². The van der Waals surface area contributed by atoms with Crippen LogP contribution in [0, 0.1) is 11.2 Å². The normalized spacial score (nSPS) is 12.4. The van der Waals surface area contributed by atoms with Gasteiger partial charge in [-0.2, -0.15) is 0 Å². The molecule has 2 aromatic heterocycles. The number of halogens is 2. The average Bonchev–Trinajstić information content (AvgIpc) is 3.61. The Morgan fingerprint density at radius 1 is 1.02 bits per heavy atom. The number of fused-ring (bicyclic) bond motifs is 1. The van der Waals surface area contributed by atoms with Crippen LogP contribution < -0.4 is 4.74 Å². The quantitative estimate of drug-likeness (QED) is 0.132. The summed E-state index contributed by atoms with van der Waals surface area (Å²) in [6, 6.07) is 22.5. The van der Waals surface area contributed by atoms with E-state index in [-0.39, 0.29) is 18.7 Å². The van der Waals surface area contributed by atoms with Gasteiger partial charge in [0, 0.05) is 22.9 Å². The second kappa shape index (κ2) is 13.2. The van der Waals surface area contributed by atoms with Crippen LogP contribution in [-0.4, -0.2) is 28.1 Å². The lowest BCUT2D eigenvalue weighted by Crippen LogP contribution is -2.34. The number of ether oxygens (including phenoxy) is 3. The molecule has 1 atom stereocenters. The van der Waals surface area contributed by atoms with Crippen molar-refractivity contribution in [1.29, 1.82) is 0 Å². The summed E-state index contributed by atoms with van der Waals surface area (Å²) in [6.07, 6.45) is 0. The van der Waals surface area contributed by atoms with Gasteiger partial charge in [0.15, 0.2) is 5.82 Å². The van der Waals surface area contributed by atoms with Gasteiger partial charge in [-0.05, 0) is 61.7 Å². The SMILES string of the molecule is CCn1nnc2c(F)c([C@@H](c3cc(COCc4ccc(OC)cc4)c(Cl)s3)C(C)(C)C(=O)OCc3ccccc3)ccc21. The Labute approximate surface area is 259 Å². The number of benzene rings is 3. The van der Waals surface area contributed by atoms with Crippen molar-refractivity contribution in [3.05, 3.63) is 110 Å². The molecule has 0 saturated heterocycles. The maximum Gasteiger partial charge on any atom is 0.312 e. The third kappa shape index (κ3) is 6.59. The van der Waals surface area contributed by atoms with Gasteiger partial charge < -0.3 is 14.2 Å². The molecule has 7 nitrogen and oxygen atoms in total. The molecule has 224 valence electrons. The monoisotopic (exact) mass is 621 g/mol. The molecule has 0 bridgehead atoms. The number of esters is 1. The highest BCUT2D eigenvalue weighted by molar-refractivity contribution is 7.16. The number of carbonyl (C=O) groups is 1. The van der Waals surface area contributed by atoms with E-state index in [9.17, 15) is 4.79 Å². The zero-order valence-corrected chi connectivity index (χ0v) is 26.0. The minimum atomic E-state index is -1.17. The van der Waals surface area contributed by atoms with Crippen molar-refractivity contribution in [3.63, 3.8) is 0 Å². The largest absolute Gasteiger partial charge is 0.497 e. The molecule has 10 heteroatoms. The van der Waals surface area contributed by atoms with Gasteiger partial charge in [-0.1, -0.05) is 65.3 Å². The lowest BCUT2D eigenvalue weighted by Gasteiger charge is -2.32. The van der Waals surface area contributed by atoms with Crippen molar-refractivity contribution in [3.8, 4) is 5.75 Å². The van der Waals surface area contributed by atoms with E-state index in [1.54, 1.807) is 37.8 Å². The van der Waals surface area contributed by atoms with E-state index in [0.29, 0.717) is 28.6 Å². The Hall–Kier alpha value is -3.79. The Kier molecular flexibility index (Phi) is 9.44. The summed E-state index contributed by atoms with van der Waals surface area (Å²) in [4.78, 5) is 14.4. The van der Waals surface area contributed by atoms with Crippen molar-refractivity contribution in [1.82, 2.24) is 15.0 Å². The van der Waals surface area contributed by atoms with Crippen LogP contribution in [0.15, 0.2) is 72.8 Å². The molecule has 0 spiro atoms. The summed E-state index contributed by atoms with van der Waals surface area (Å²) in [5.74, 6) is -0.925. The molecular formula is C33H33ClFN3O4S. The van der Waals surface area contributed by atoms with E-state index in [2.05, 4.69) is 10.3 Å². The van der Waals surface area contributed by atoms with E-state index in [0.717, 1.165) is 27.3 Å². The highest BCUT2D eigenvalue weighted by Gasteiger charge is 2.43. The molecule has 3 aromatic carbocycles. The fraction of sp³-hybridized carbons (Fsp3) is 0.303. The first-order valence-electron chi connectivity index (χ1n) is 13.9. The number of rotatable bonds is 12. The topological polar surface area (TPSA) is 75.5 Å². The number of nitrogens with zero attached hydrogens (tertiary/aromatic N) is 3. The molecule has 0 N–H and O–H groups in total. The molecule has 0 unspecified atom stereocenters. The van der Waals surface area contributed by atoms with Crippen LogP contribution in [-0.2, 0) is 40.6 Å². The number of carbonyl (C=O) groups excluding carboxylic acids is 1. The highest BCUT2D eigenvalue weighted by Crippen LogP contribution is 2.48. The molecule has 0 fully saturated rings. The first-order chi connectivity index (χ1) is 20.7. The molecule has 0 aliphatic rings. The van der Waals surface area contributed by atoms with Crippen molar-refractivity contribution in [2.45, 2.75) is 53.1 Å². The van der Waals surface area contributed by atoms with Gasteiger partial charge in [-0.25, -0.2) is 9.07 Å². The second-order valence-electron chi connectivity index (χ2n) is 10.7. The molecular weight excluding hydrogens is 589 g/mol. The lowest BCUT2D eigenvalue weighted by molar-refractivity contribution is -0.156. The number of thiophene rings is 1. The Bertz CT molecular complexity index is 1700. The fourth-order valence-electron chi connectivity index (χ4n) is 5.07. The summed E-state index contributed by atoms with van der Waals surface area (Å²) in [6.45, 7) is 6.74. The van der Waals surface area contributed by atoms with Crippen molar-refractivity contribution in [2.75, 3.05) is 7.11 Å². The predicted octanol–water partition coefficient (Wildman–Crippen LogP) is 7.93. The summed E-state index contributed by atoms with van der Waals surface area (Å²) in [5.41, 5.74) is 2.50. The van der Waals surface area contributed by atoms with Gasteiger partial charge in [-0.3, -0.25) is 4.79 Å². The zero-order chi connectivity index (χ0) is 30.6. The molecule has 5 rings (SSSR count). The Morgan fingerprint density at radius 2 is 1.74 bits per heavy atom. The maximum atomic E-state index is 16.2. The third-order valence-electron chi connectivity index (χ3n) is 7.47. The molecule has 0 radical (unpaired) electrons. The van der Waals surface area contributed by atoms with E-state index in [4.69, 9.17) is 25.8 Å². The van der Waals surface area contributed by atoms with Crippen molar-refractivity contribution >= 4 is 39.9 Å². The van der Waals surface area contributed by atoms with Crippen molar-refractivity contribution < 1.29 is 23.4 Å². The van der Waals surface area contributed by atoms with E-state index < -0.39 is 23.1 Å². The molecule has 0 aliphatic carbocycles. The first-order valence-corrected chi connectivity index (χ1v) is 15.1. The third-order valence-corrected chi connectivity index (χ3v) is 8.98. The standard InChI is InChI=1S/C33H33ClFN3O4S/c1-5-38-26-16-15-25(29(35)30(26)36-37-38)28(33(2,3)32(39)42-19-21-9-7-6-8-10-21)27-17-23(31(34)43-27)20-41-18-22-11-13-24(40-4)14-12-22/h6-17,28H,5,18-20H2,1-4H3/t28-/m0/s1. The van der Waals surface area contributed by atoms with E-state index >= 15 is 4.39 Å². The van der Waals surface area contributed by atoms with Crippen LogP contribution in [0.3, 0.4) is 0 Å². The van der Waals surface area contributed by atoms with E-state index in [1.165, 1.54) is 11.3 Å². The average molecular weight is 622 g/mol. The molecule has 0 amide bonds. The van der Waals surface area contributed by atoms with Crippen LogP contribution >= 0.6 is 22.9 Å². The van der Waals surface area contributed by atoms with Gasteiger partial charge in [0.05, 0.1) is 35.6 Å². The number of aromatic nitrogens is 3. The number of aryl methyl sites for hydroxylation is 1. The van der Waals surface area contributed by atoms with Gasteiger partial charge in [0.25, 0.3) is 0 Å². The van der Waals surface area contributed by atoms with Crippen LogP contribution in [0.1, 0.15) is 53.8 Å². The molecule has 0 saturated carbocycles. The Balaban J connectivity index is 1.46. The van der Waals surface area contributed by atoms with Gasteiger partial charge in [-0.15, -0.1) is 16.4 Å². The van der Waals surface area contributed by atoms with Crippen LogP contribution in [0.4, 0.5) is 4.39 Å². The van der Waals surface area contributed by atoms with Gasteiger partial charge in [0.1, 0.15) is 17.9 Å². The fourth-order valence-corrected chi connectivity index (χ4v) is 6.64. The number of hydrogen-bond acceptors (Lipinski definition) is 7. The van der Waals surface area contributed by atoms with Crippen molar-refractivity contribution in [2.24, 2.45) is 5.41 Å². The number of methoxy groups -OCH3 is 1. The summed E-state index contributed by atoms with van der Waals surface area (Å²) >= 11 is 8.02. The minimum Gasteiger partial charge on any atom is -0.497 e. The van der Waals surface area contributed by atoms with Crippen LogP contribution in [0.2, 0.25) is 4.34 Å². The van der Waals surface area contributed by atoms with Crippen LogP contribution in [0.25, 0.3) is 11.0 Å². The Morgan fingerprint density at radius 3 is 2.44 bits per heavy atom. The summed E-state index contributed by atoms with van der Waals surface area (Å²) in [5, 5.41) is 8.19. The number of hydrogen-bond donors (Lipinski definition) is 0. The minimum absolute atomic E-state index is 0.109. The summed E-state index contributed by atoms with van der Waals surface area (Å²) in [7, 11) is 1.62. The smallest absolute Gasteiger partial charge is 0.312 e. The lowest BCUT2D eigenvalue weighted by atomic mass is 9.73. The van der Waals surface area contributed by atoms with Gasteiger partial charge in [0.2, 0.25) is 0 Å². The predicted molar refractivity (Wildman–Crippen MR) is 166 cm³/mol. The van der Waals surface area contributed by atoms with Crippen LogP contribution in [0.5, 0.6) is 5.75 Å². The first kappa shape index (κ1) is 30.7. The molecule has 43 heavy (non-hydrogen) atoms. The molecule has 5 aromatic rings. The summed E-state index contributed by atoms with van der Waals surface area (Å²) < 4.78 is 35.3. The molecule has 2 heterocycles. The zero-order valence-electron chi connectivity index (χ0n) is 24.5. The second-order valence-corrected chi connectivity index (χ2v) is 12.4. The van der Waals surface area contributed by atoms with Gasteiger partial charge >= 0.3 is 5.97 Å². The highest BCUT2D eigenvalue weighted by atomic mass is 35.5.